The summed E-state index contributed by atoms with van der Waals surface area (Å²) in [5.41, 5.74) is 0. The second kappa shape index (κ2) is 747. The predicted octanol–water partition coefficient (Wildman–Crippen LogP) is 2.19. The Hall–Kier alpha value is -1.95. The van der Waals surface area contributed by atoms with Gasteiger partial charge in [0.15, 0.2) is 0 Å². The summed E-state index contributed by atoms with van der Waals surface area (Å²) in [5, 5.41) is 24.6. The molecule has 6 nitrogen and oxygen atoms in total. The van der Waals surface area contributed by atoms with Crippen molar-refractivity contribution in [2.75, 3.05) is 0 Å². The number of nitrogens with one attached hydrogen (secondary N) is 2. The second-order valence-corrected chi connectivity index (χ2v) is 0.304. The average Bonchev–Trinajstić information content (AvgIpc) is 1.70. The van der Waals surface area contributed by atoms with Gasteiger partial charge in [-0.3, -0.25) is 0 Å². The van der Waals surface area contributed by atoms with Crippen LogP contribution in [0.15, 0.2) is 0 Å². The molecular formula is C7H19N3O3. The normalized spacial score (nSPS) is 1.77. The Morgan fingerprint density at radius 3 is 0.923 bits per heavy atom. The third-order valence-electron chi connectivity index (χ3n) is 0. The molecule has 0 amide bonds. The fourth-order valence-corrected chi connectivity index (χ4v) is 0. The zero-order valence-corrected chi connectivity index (χ0v) is 4.21. The first-order chi connectivity index (χ1) is 4.24. The molecule has 0 saturated heterocycles. The number of rotatable bonds is 0. The van der Waals surface area contributed by atoms with Gasteiger partial charge < -0.3 is 5.11 Å². The molecule has 0 atom stereocenters. The van der Waals surface area contributed by atoms with Gasteiger partial charge in [0.1, 0.15) is 0 Å². The molecule has 0 spiro atoms. The van der Waals surface area contributed by atoms with Crippen LogP contribution >= 0.6 is 0 Å². The molecule has 0 radical (unpaired) electrons. The minimum absolute atomic E-state index is 0. The summed E-state index contributed by atoms with van der Waals surface area (Å²) in [5.74, 6) is 0. The van der Waals surface area contributed by atoms with Gasteiger partial charge in [0, 0.05) is 0 Å². The van der Waals surface area contributed by atoms with Gasteiger partial charge in [0.25, 0.3) is 6.26 Å². The highest BCUT2D eigenvalue weighted by Crippen LogP contribution is 1.06. The van der Waals surface area contributed by atoms with Crippen LogP contribution in [0.4, 0.5) is 0 Å². The van der Waals surface area contributed by atoms with Gasteiger partial charge in [-0.1, -0.05) is 29.7 Å². The molecular weight excluding hydrogens is 174 g/mol. The van der Waals surface area contributed by atoms with Crippen molar-refractivity contribution in [2.24, 2.45) is 0 Å². The SMILES string of the molecule is C.C.C.C.N#CO.N=C=O.N=C=O. The van der Waals surface area contributed by atoms with Crippen molar-refractivity contribution in [1.29, 1.82) is 16.1 Å². The van der Waals surface area contributed by atoms with E-state index in [0.29, 0.717) is 0 Å². The molecule has 0 bridgehead atoms. The molecule has 0 aromatic carbocycles. The molecule has 0 fully saturated rings. The van der Waals surface area contributed by atoms with Crippen molar-refractivity contribution in [3.05, 3.63) is 0 Å². The van der Waals surface area contributed by atoms with Gasteiger partial charge in [-0.05, 0) is 0 Å². The van der Waals surface area contributed by atoms with Crippen LogP contribution in [0.3, 0.4) is 0 Å². The summed E-state index contributed by atoms with van der Waals surface area (Å²) < 4.78 is 0. The summed E-state index contributed by atoms with van der Waals surface area (Å²) in [6, 6.07) is 0. The second-order valence-electron chi connectivity index (χ2n) is 0.304. The van der Waals surface area contributed by atoms with E-state index in [1.54, 1.807) is 0 Å². The molecule has 3 N–H and O–H groups in total. The number of carbonyl (C=O) groups excluding carboxylic acids is 2. The zero-order chi connectivity index (χ0) is 8.12. The Kier molecular flexibility index (Phi) is 3910. The van der Waals surface area contributed by atoms with Crippen molar-refractivity contribution in [3.63, 3.8) is 0 Å². The molecule has 0 saturated carbocycles. The highest BCUT2D eigenvalue weighted by molar-refractivity contribution is 5.26. The quantitative estimate of drug-likeness (QED) is 0.309. The van der Waals surface area contributed by atoms with Gasteiger partial charge in [-0.25, -0.2) is 20.4 Å². The van der Waals surface area contributed by atoms with Crippen molar-refractivity contribution in [2.45, 2.75) is 29.7 Å². The molecule has 0 aliphatic rings. The van der Waals surface area contributed by atoms with Gasteiger partial charge in [-0.2, -0.15) is 5.26 Å². The number of hydrogen-bond donors (Lipinski definition) is 3. The summed E-state index contributed by atoms with van der Waals surface area (Å²) in [6.07, 6.45) is 2.25. The lowest BCUT2D eigenvalue weighted by Gasteiger charge is -1.25. The number of hydrogen-bond acceptors (Lipinski definition) is 6. The Balaban J connectivity index is -0.00000000720. The van der Waals surface area contributed by atoms with Crippen LogP contribution in [0.5, 0.6) is 0 Å². The number of aliphatic hydroxyl groups is 1. The van der Waals surface area contributed by atoms with Crippen LogP contribution in [0, 0.1) is 22.3 Å². The molecule has 80 valence electrons. The highest BCUT2D eigenvalue weighted by Gasteiger charge is 1.16. The van der Waals surface area contributed by atoms with Gasteiger partial charge in [0.05, 0.1) is 0 Å². The third-order valence-corrected chi connectivity index (χ3v) is 0. The van der Waals surface area contributed by atoms with E-state index in [9.17, 15) is 0 Å². The van der Waals surface area contributed by atoms with Crippen LogP contribution in [0.1, 0.15) is 29.7 Å². The van der Waals surface area contributed by atoms with Crippen molar-refractivity contribution < 1.29 is 14.7 Å². The zero-order valence-electron chi connectivity index (χ0n) is 4.21. The monoisotopic (exact) mass is 193 g/mol. The summed E-state index contributed by atoms with van der Waals surface area (Å²) in [7, 11) is 0. The lowest BCUT2D eigenvalue weighted by Crippen LogP contribution is -1.27. The largest absolute Gasteiger partial charge is 0.443 e. The summed E-state index contributed by atoms with van der Waals surface area (Å²) >= 11 is 0. The lowest BCUT2D eigenvalue weighted by molar-refractivity contribution is 0.503. The highest BCUT2D eigenvalue weighted by atomic mass is 16.2. The minimum Gasteiger partial charge on any atom is -0.443 e. The Labute approximate surface area is 79.8 Å². The van der Waals surface area contributed by atoms with Crippen LogP contribution < -0.4 is 0 Å². The fraction of sp³-hybridized carbons (Fsp3) is 0.571. The Morgan fingerprint density at radius 1 is 0.923 bits per heavy atom. The number of nitrogens with zero attached hydrogens (tertiary/aromatic N) is 1. The van der Waals surface area contributed by atoms with Crippen LogP contribution in [-0.4, -0.2) is 17.3 Å². The van der Waals surface area contributed by atoms with E-state index in [0.717, 1.165) is 18.4 Å². The maximum absolute atomic E-state index is 8.35. The van der Waals surface area contributed by atoms with Gasteiger partial charge in [-0.15, -0.1) is 0 Å². The average molecular weight is 193 g/mol. The van der Waals surface area contributed by atoms with Crippen molar-refractivity contribution in [3.8, 4) is 6.26 Å². The molecule has 6 heteroatoms. The summed E-state index contributed by atoms with van der Waals surface area (Å²) in [4.78, 5) is 16.7. The van der Waals surface area contributed by atoms with E-state index in [1.807, 2.05) is 0 Å². The number of isocyanates is 2. The fourth-order valence-electron chi connectivity index (χ4n) is 0. The minimum atomic E-state index is 0. The maximum Gasteiger partial charge on any atom is 0.283 e. The standard InChI is InChI=1S/3CHNO.4CH4/c3*2-1-3;;;;/h3H;2*2H;4*1H4. The molecule has 13 heavy (non-hydrogen) atoms. The Bertz CT molecular complexity index is 128. The molecule has 0 heterocycles. The van der Waals surface area contributed by atoms with Gasteiger partial charge in [0.2, 0.25) is 12.2 Å². The molecule has 0 unspecified atom stereocenters. The van der Waals surface area contributed by atoms with E-state index in [2.05, 4.69) is 0 Å². The van der Waals surface area contributed by atoms with Gasteiger partial charge >= 0.3 is 0 Å². The van der Waals surface area contributed by atoms with Crippen LogP contribution in [0.25, 0.3) is 0 Å². The van der Waals surface area contributed by atoms with Crippen LogP contribution in [-0.2, 0) is 9.59 Å². The van der Waals surface area contributed by atoms with E-state index in [4.69, 9.17) is 30.8 Å². The molecule has 0 aliphatic heterocycles. The van der Waals surface area contributed by atoms with E-state index >= 15 is 0 Å². The first kappa shape index (κ1) is 68.0. The molecule has 0 aromatic rings. The Morgan fingerprint density at radius 2 is 0.923 bits per heavy atom. The first-order valence-corrected chi connectivity index (χ1v) is 1.36. The number of nitriles is 1. The molecule has 0 aromatic heterocycles. The van der Waals surface area contributed by atoms with Crippen LogP contribution in [0.2, 0.25) is 0 Å². The maximum atomic E-state index is 8.35. The number of aliphatic hydroxyl groups excluding tert-OH is 1. The topological polar surface area (TPSA) is 126 Å². The third kappa shape index (κ3) is 171. The van der Waals surface area contributed by atoms with E-state index in [-0.39, 0.29) is 29.7 Å². The molecule has 0 aliphatic carbocycles. The van der Waals surface area contributed by atoms with E-state index < -0.39 is 0 Å². The lowest BCUT2D eigenvalue weighted by atomic mass is 11.6. The smallest absolute Gasteiger partial charge is 0.283 e. The van der Waals surface area contributed by atoms with Crippen molar-refractivity contribution in [1.82, 2.24) is 0 Å². The summed E-state index contributed by atoms with van der Waals surface area (Å²) in [6.45, 7) is 0. The predicted molar refractivity (Wildman–Crippen MR) is 51.3 cm³/mol. The van der Waals surface area contributed by atoms with E-state index in [1.165, 1.54) is 0 Å². The van der Waals surface area contributed by atoms with Crippen molar-refractivity contribution >= 4 is 12.2 Å². The first-order valence-electron chi connectivity index (χ1n) is 1.36. The molecule has 0 rings (SSSR count).